The van der Waals surface area contributed by atoms with E-state index in [1.54, 1.807) is 11.3 Å². The van der Waals surface area contributed by atoms with Gasteiger partial charge in [-0.2, -0.15) is 0 Å². The molecule has 126 valence electrons. The third-order valence-corrected chi connectivity index (χ3v) is 5.59. The molecule has 1 aliphatic rings. The molecular weight excluding hydrogens is 334 g/mol. The fourth-order valence-electron chi connectivity index (χ4n) is 2.72. The Labute approximate surface area is 140 Å². The largest absolute Gasteiger partial charge is 0.353 e. The second-order valence-corrected chi connectivity index (χ2v) is 8.28. The summed E-state index contributed by atoms with van der Waals surface area (Å²) < 4.78 is 22.1. The quantitative estimate of drug-likeness (QED) is 0.847. The highest BCUT2D eigenvalue weighted by Crippen LogP contribution is 2.28. The van der Waals surface area contributed by atoms with Gasteiger partial charge in [-0.15, -0.1) is 11.3 Å². The minimum atomic E-state index is -3.39. The number of sulfonamides is 1. The van der Waals surface area contributed by atoms with Crippen LogP contribution >= 0.6 is 11.3 Å². The number of anilines is 1. The third kappa shape index (κ3) is 3.97. The molecular formula is C14H21N5O2S2. The molecule has 0 unspecified atom stereocenters. The van der Waals surface area contributed by atoms with Gasteiger partial charge >= 0.3 is 0 Å². The van der Waals surface area contributed by atoms with E-state index < -0.39 is 10.0 Å². The van der Waals surface area contributed by atoms with Crippen LogP contribution in [0.4, 0.5) is 5.82 Å². The molecule has 0 saturated carbocycles. The maximum absolute atomic E-state index is 11.1. The summed E-state index contributed by atoms with van der Waals surface area (Å²) in [5, 5.41) is 8.22. The van der Waals surface area contributed by atoms with Gasteiger partial charge in [0.05, 0.1) is 11.1 Å². The van der Waals surface area contributed by atoms with E-state index in [4.69, 9.17) is 10.1 Å². The molecule has 0 spiro atoms. The van der Waals surface area contributed by atoms with Crippen LogP contribution in [0.15, 0.2) is 11.4 Å². The van der Waals surface area contributed by atoms with Crippen LogP contribution in [0.3, 0.4) is 0 Å². The SMILES string of the molecule is CCc1nc(N2CCN(CCS(N)(=O)=O)CC2)c2ccsc2n1. The van der Waals surface area contributed by atoms with Crippen molar-refractivity contribution in [2.75, 3.05) is 43.4 Å². The van der Waals surface area contributed by atoms with Crippen molar-refractivity contribution in [1.82, 2.24) is 14.9 Å². The lowest BCUT2D eigenvalue weighted by atomic mass is 10.2. The number of primary sulfonamides is 1. The van der Waals surface area contributed by atoms with Crippen LogP contribution in [-0.2, 0) is 16.4 Å². The summed E-state index contributed by atoms with van der Waals surface area (Å²) >= 11 is 1.64. The molecule has 23 heavy (non-hydrogen) atoms. The second-order valence-electron chi connectivity index (χ2n) is 5.65. The monoisotopic (exact) mass is 355 g/mol. The Morgan fingerprint density at radius 2 is 2.00 bits per heavy atom. The van der Waals surface area contributed by atoms with Gasteiger partial charge in [0.15, 0.2) is 0 Å². The third-order valence-electron chi connectivity index (χ3n) is 4.03. The van der Waals surface area contributed by atoms with Crippen molar-refractivity contribution in [3.05, 3.63) is 17.3 Å². The van der Waals surface area contributed by atoms with E-state index in [0.717, 1.165) is 54.5 Å². The van der Waals surface area contributed by atoms with E-state index >= 15 is 0 Å². The number of nitrogens with two attached hydrogens (primary N) is 1. The minimum absolute atomic E-state index is 0.00919. The Morgan fingerprint density at radius 1 is 1.26 bits per heavy atom. The molecule has 0 bridgehead atoms. The van der Waals surface area contributed by atoms with Crippen LogP contribution in [0.5, 0.6) is 0 Å². The highest BCUT2D eigenvalue weighted by atomic mass is 32.2. The van der Waals surface area contributed by atoms with Gasteiger partial charge < -0.3 is 4.90 Å². The second kappa shape index (κ2) is 6.68. The number of hydrogen-bond donors (Lipinski definition) is 1. The molecule has 3 heterocycles. The zero-order chi connectivity index (χ0) is 16.4. The predicted molar refractivity (Wildman–Crippen MR) is 93.4 cm³/mol. The fourth-order valence-corrected chi connectivity index (χ4v) is 4.01. The summed E-state index contributed by atoms with van der Waals surface area (Å²) in [5.41, 5.74) is 0. The summed E-state index contributed by atoms with van der Waals surface area (Å²) in [6.07, 6.45) is 0.815. The lowest BCUT2D eigenvalue weighted by Gasteiger charge is -2.35. The number of nitrogens with zero attached hydrogens (tertiary/aromatic N) is 4. The lowest BCUT2D eigenvalue weighted by Crippen LogP contribution is -2.48. The van der Waals surface area contributed by atoms with E-state index in [-0.39, 0.29) is 5.75 Å². The van der Waals surface area contributed by atoms with Crippen molar-refractivity contribution in [3.63, 3.8) is 0 Å². The van der Waals surface area contributed by atoms with E-state index in [0.29, 0.717) is 6.54 Å². The molecule has 7 nitrogen and oxygen atoms in total. The van der Waals surface area contributed by atoms with Crippen molar-refractivity contribution in [2.45, 2.75) is 13.3 Å². The van der Waals surface area contributed by atoms with Gasteiger partial charge in [-0.1, -0.05) is 6.92 Å². The molecule has 0 atom stereocenters. The van der Waals surface area contributed by atoms with Gasteiger partial charge in [0.1, 0.15) is 16.5 Å². The number of rotatable bonds is 5. The highest BCUT2D eigenvalue weighted by Gasteiger charge is 2.21. The van der Waals surface area contributed by atoms with Gasteiger partial charge in [0.2, 0.25) is 10.0 Å². The van der Waals surface area contributed by atoms with E-state index in [1.807, 2.05) is 5.38 Å². The summed E-state index contributed by atoms with van der Waals surface area (Å²) in [7, 11) is -3.39. The first kappa shape index (κ1) is 16.6. The first-order valence-corrected chi connectivity index (χ1v) is 10.3. The van der Waals surface area contributed by atoms with Gasteiger partial charge in [-0.3, -0.25) is 4.90 Å². The standard InChI is InChI=1S/C14H21N5O2S2/c1-2-12-16-13(11-3-9-22-14(11)17-12)19-6-4-18(5-7-19)8-10-23(15,20)21/h3,9H,2,4-8,10H2,1H3,(H2,15,20,21). The Kier molecular flexibility index (Phi) is 4.81. The number of thiophene rings is 1. The summed E-state index contributed by atoms with van der Waals surface area (Å²) in [5.74, 6) is 1.88. The number of hydrogen-bond acceptors (Lipinski definition) is 7. The molecule has 2 aromatic rings. The van der Waals surface area contributed by atoms with Crippen LogP contribution in [0, 0.1) is 0 Å². The van der Waals surface area contributed by atoms with Gasteiger partial charge in [0, 0.05) is 39.1 Å². The predicted octanol–water partition coefficient (Wildman–Crippen LogP) is 0.664. The Balaban J connectivity index is 1.71. The van der Waals surface area contributed by atoms with Crippen LogP contribution < -0.4 is 10.0 Å². The Bertz CT molecular complexity index is 782. The highest BCUT2D eigenvalue weighted by molar-refractivity contribution is 7.89. The first-order valence-electron chi connectivity index (χ1n) is 7.68. The van der Waals surface area contributed by atoms with E-state index in [9.17, 15) is 8.42 Å². The molecule has 0 aromatic carbocycles. The molecule has 0 amide bonds. The lowest BCUT2D eigenvalue weighted by molar-refractivity contribution is 0.271. The summed E-state index contributed by atoms with van der Waals surface area (Å²) in [6, 6.07) is 2.07. The zero-order valence-corrected chi connectivity index (χ0v) is 14.7. The van der Waals surface area contributed by atoms with Crippen LogP contribution in [0.1, 0.15) is 12.7 Å². The molecule has 0 radical (unpaired) electrons. The zero-order valence-electron chi connectivity index (χ0n) is 13.1. The molecule has 1 saturated heterocycles. The molecule has 3 rings (SSSR count). The molecule has 1 aliphatic heterocycles. The van der Waals surface area contributed by atoms with E-state index in [1.165, 1.54) is 0 Å². The number of aryl methyl sites for hydroxylation is 1. The number of fused-ring (bicyclic) bond motifs is 1. The average molecular weight is 355 g/mol. The minimum Gasteiger partial charge on any atom is -0.353 e. The van der Waals surface area contributed by atoms with Crippen molar-refractivity contribution in [1.29, 1.82) is 0 Å². The fraction of sp³-hybridized carbons (Fsp3) is 0.571. The molecule has 2 N–H and O–H groups in total. The topological polar surface area (TPSA) is 92.4 Å². The smallest absolute Gasteiger partial charge is 0.210 e. The van der Waals surface area contributed by atoms with Crippen molar-refractivity contribution >= 4 is 37.4 Å². The summed E-state index contributed by atoms with van der Waals surface area (Å²) in [4.78, 5) is 14.7. The van der Waals surface area contributed by atoms with E-state index in [2.05, 4.69) is 27.8 Å². The van der Waals surface area contributed by atoms with Gasteiger partial charge in [0.25, 0.3) is 0 Å². The van der Waals surface area contributed by atoms with Crippen LogP contribution in [-0.4, -0.2) is 61.8 Å². The molecule has 0 aliphatic carbocycles. The molecule has 2 aromatic heterocycles. The van der Waals surface area contributed by atoms with Crippen molar-refractivity contribution < 1.29 is 8.42 Å². The number of aromatic nitrogens is 2. The van der Waals surface area contributed by atoms with Crippen molar-refractivity contribution in [3.8, 4) is 0 Å². The Morgan fingerprint density at radius 3 is 2.65 bits per heavy atom. The average Bonchev–Trinajstić information content (AvgIpc) is 3.00. The Hall–Kier alpha value is -1.29. The number of piperazine rings is 1. The van der Waals surface area contributed by atoms with Crippen molar-refractivity contribution in [2.24, 2.45) is 5.14 Å². The molecule has 9 heteroatoms. The maximum Gasteiger partial charge on any atom is 0.210 e. The molecule has 1 fully saturated rings. The summed E-state index contributed by atoms with van der Waals surface area (Å²) in [6.45, 7) is 5.83. The first-order chi connectivity index (χ1) is 11.0. The normalized spacial score (nSPS) is 17.0. The van der Waals surface area contributed by atoms with Crippen LogP contribution in [0.2, 0.25) is 0 Å². The maximum atomic E-state index is 11.1. The van der Waals surface area contributed by atoms with Gasteiger partial charge in [-0.05, 0) is 11.4 Å². The van der Waals surface area contributed by atoms with Gasteiger partial charge in [-0.25, -0.2) is 23.5 Å². The van der Waals surface area contributed by atoms with Crippen LogP contribution in [0.25, 0.3) is 10.2 Å².